The zero-order valence-corrected chi connectivity index (χ0v) is 10.8. The van der Waals surface area contributed by atoms with Gasteiger partial charge < -0.3 is 10.1 Å². The van der Waals surface area contributed by atoms with Gasteiger partial charge in [-0.3, -0.25) is 0 Å². The zero-order valence-electron chi connectivity index (χ0n) is 10.8. The minimum Gasteiger partial charge on any atom is -0.491 e. The van der Waals surface area contributed by atoms with Gasteiger partial charge in [0.15, 0.2) is 0 Å². The molecule has 1 N–H and O–H groups in total. The van der Waals surface area contributed by atoms with E-state index in [2.05, 4.69) is 37.4 Å². The predicted molar refractivity (Wildman–Crippen MR) is 68.9 cm³/mol. The van der Waals surface area contributed by atoms with Crippen LogP contribution >= 0.6 is 0 Å². The Balaban J connectivity index is 2.65. The van der Waals surface area contributed by atoms with Crippen molar-refractivity contribution in [3.05, 3.63) is 29.8 Å². The zero-order chi connectivity index (χ0) is 12.0. The average Bonchev–Trinajstić information content (AvgIpc) is 2.25. The van der Waals surface area contributed by atoms with Gasteiger partial charge in [0.1, 0.15) is 5.75 Å². The van der Waals surface area contributed by atoms with Crippen molar-refractivity contribution in [2.75, 3.05) is 6.54 Å². The lowest BCUT2D eigenvalue weighted by molar-refractivity contribution is 0.242. The van der Waals surface area contributed by atoms with E-state index in [-0.39, 0.29) is 6.10 Å². The molecule has 0 amide bonds. The van der Waals surface area contributed by atoms with Crippen LogP contribution in [0.4, 0.5) is 0 Å². The molecule has 0 aliphatic heterocycles. The highest BCUT2D eigenvalue weighted by Gasteiger charge is 2.05. The minimum absolute atomic E-state index is 0.231. The fourth-order valence-electron chi connectivity index (χ4n) is 1.61. The van der Waals surface area contributed by atoms with Crippen molar-refractivity contribution in [3.8, 4) is 5.75 Å². The topological polar surface area (TPSA) is 21.3 Å². The van der Waals surface area contributed by atoms with Crippen LogP contribution in [-0.4, -0.2) is 12.6 Å². The van der Waals surface area contributed by atoms with Crippen molar-refractivity contribution in [2.45, 2.75) is 46.3 Å². The summed E-state index contributed by atoms with van der Waals surface area (Å²) < 4.78 is 5.68. The van der Waals surface area contributed by atoms with Gasteiger partial charge in [-0.05, 0) is 51.4 Å². The van der Waals surface area contributed by atoms with Crippen molar-refractivity contribution in [1.82, 2.24) is 5.32 Å². The summed E-state index contributed by atoms with van der Waals surface area (Å²) in [6, 6.07) is 8.71. The van der Waals surface area contributed by atoms with Gasteiger partial charge in [-0.2, -0.15) is 0 Å². The summed E-state index contributed by atoms with van der Waals surface area (Å²) in [5.41, 5.74) is 1.28. The predicted octanol–water partition coefficient (Wildman–Crippen LogP) is 3.53. The van der Waals surface area contributed by atoms with Gasteiger partial charge in [-0.25, -0.2) is 0 Å². The molecule has 0 aliphatic carbocycles. The van der Waals surface area contributed by atoms with Gasteiger partial charge in [-0.15, -0.1) is 0 Å². The van der Waals surface area contributed by atoms with Crippen LogP contribution in [0, 0.1) is 0 Å². The molecule has 2 heteroatoms. The van der Waals surface area contributed by atoms with E-state index in [1.54, 1.807) is 0 Å². The molecular weight excluding hydrogens is 198 g/mol. The maximum Gasteiger partial charge on any atom is 0.120 e. The quantitative estimate of drug-likeness (QED) is 0.793. The standard InChI is InChI=1S/C14H23NO/c1-5-9-15-12(4)13-7-6-8-14(10-13)16-11(2)3/h6-8,10-12,15H,5,9H2,1-4H3/t12-/m0/s1. The number of nitrogens with one attached hydrogen (secondary N) is 1. The third-order valence-electron chi connectivity index (χ3n) is 2.43. The average molecular weight is 221 g/mol. The van der Waals surface area contributed by atoms with E-state index in [0.29, 0.717) is 6.04 Å². The number of benzene rings is 1. The van der Waals surface area contributed by atoms with Gasteiger partial charge in [0.25, 0.3) is 0 Å². The van der Waals surface area contributed by atoms with Crippen LogP contribution < -0.4 is 10.1 Å². The second-order valence-electron chi connectivity index (χ2n) is 4.41. The minimum atomic E-state index is 0.231. The molecule has 90 valence electrons. The van der Waals surface area contributed by atoms with E-state index in [1.807, 2.05) is 19.9 Å². The second kappa shape index (κ2) is 6.54. The highest BCUT2D eigenvalue weighted by atomic mass is 16.5. The van der Waals surface area contributed by atoms with E-state index in [1.165, 1.54) is 5.56 Å². The van der Waals surface area contributed by atoms with E-state index in [4.69, 9.17) is 4.74 Å². The molecule has 0 aliphatic rings. The van der Waals surface area contributed by atoms with E-state index >= 15 is 0 Å². The molecular formula is C14H23NO. The smallest absolute Gasteiger partial charge is 0.120 e. The van der Waals surface area contributed by atoms with E-state index < -0.39 is 0 Å². The van der Waals surface area contributed by atoms with Crippen LogP contribution in [0.25, 0.3) is 0 Å². The number of rotatable bonds is 6. The van der Waals surface area contributed by atoms with Crippen LogP contribution in [0.1, 0.15) is 45.7 Å². The molecule has 0 fully saturated rings. The van der Waals surface area contributed by atoms with Crippen LogP contribution in [-0.2, 0) is 0 Å². The van der Waals surface area contributed by atoms with Crippen molar-refractivity contribution in [1.29, 1.82) is 0 Å². The molecule has 0 saturated heterocycles. The molecule has 0 spiro atoms. The Bertz CT molecular complexity index is 309. The summed E-state index contributed by atoms with van der Waals surface area (Å²) in [6.45, 7) is 9.51. The van der Waals surface area contributed by atoms with E-state index in [0.717, 1.165) is 18.7 Å². The SMILES string of the molecule is CCCN[C@@H](C)c1cccc(OC(C)C)c1. The lowest BCUT2D eigenvalue weighted by atomic mass is 10.1. The highest BCUT2D eigenvalue weighted by molar-refractivity contribution is 5.30. The molecule has 0 saturated carbocycles. The molecule has 0 unspecified atom stereocenters. The van der Waals surface area contributed by atoms with Crippen molar-refractivity contribution < 1.29 is 4.74 Å². The monoisotopic (exact) mass is 221 g/mol. The van der Waals surface area contributed by atoms with Gasteiger partial charge in [0.2, 0.25) is 0 Å². The Morgan fingerprint density at radius 1 is 1.25 bits per heavy atom. The largest absolute Gasteiger partial charge is 0.491 e. The maximum absolute atomic E-state index is 5.68. The molecule has 0 heterocycles. The summed E-state index contributed by atoms with van der Waals surface area (Å²) in [7, 11) is 0. The van der Waals surface area contributed by atoms with Crippen LogP contribution in [0.3, 0.4) is 0 Å². The maximum atomic E-state index is 5.68. The number of hydrogen-bond acceptors (Lipinski definition) is 2. The highest BCUT2D eigenvalue weighted by Crippen LogP contribution is 2.19. The lowest BCUT2D eigenvalue weighted by Gasteiger charge is -2.16. The van der Waals surface area contributed by atoms with Crippen molar-refractivity contribution in [2.24, 2.45) is 0 Å². The van der Waals surface area contributed by atoms with Gasteiger partial charge in [0, 0.05) is 6.04 Å². The summed E-state index contributed by atoms with van der Waals surface area (Å²) in [4.78, 5) is 0. The van der Waals surface area contributed by atoms with Crippen LogP contribution in [0.2, 0.25) is 0 Å². The molecule has 1 rings (SSSR count). The van der Waals surface area contributed by atoms with Crippen LogP contribution in [0.5, 0.6) is 5.75 Å². The fraction of sp³-hybridized carbons (Fsp3) is 0.571. The molecule has 0 aromatic heterocycles. The van der Waals surface area contributed by atoms with E-state index in [9.17, 15) is 0 Å². The molecule has 1 atom stereocenters. The normalized spacial score (nSPS) is 12.8. The Labute approximate surface area is 99.0 Å². The molecule has 1 aromatic carbocycles. The third kappa shape index (κ3) is 4.23. The molecule has 1 aromatic rings. The summed E-state index contributed by atoms with van der Waals surface area (Å²) in [5.74, 6) is 0.956. The summed E-state index contributed by atoms with van der Waals surface area (Å²) in [5, 5.41) is 3.47. The Morgan fingerprint density at radius 2 is 2.00 bits per heavy atom. The van der Waals surface area contributed by atoms with Gasteiger partial charge in [0.05, 0.1) is 6.10 Å². The summed E-state index contributed by atoms with van der Waals surface area (Å²) in [6.07, 6.45) is 1.39. The first-order valence-electron chi connectivity index (χ1n) is 6.13. The number of hydrogen-bond donors (Lipinski definition) is 1. The molecule has 0 radical (unpaired) electrons. The molecule has 16 heavy (non-hydrogen) atoms. The fourth-order valence-corrected chi connectivity index (χ4v) is 1.61. The first-order chi connectivity index (χ1) is 7.63. The van der Waals surface area contributed by atoms with Gasteiger partial charge >= 0.3 is 0 Å². The Morgan fingerprint density at radius 3 is 2.62 bits per heavy atom. The van der Waals surface area contributed by atoms with Gasteiger partial charge in [-0.1, -0.05) is 19.1 Å². The van der Waals surface area contributed by atoms with Crippen molar-refractivity contribution in [3.63, 3.8) is 0 Å². The lowest BCUT2D eigenvalue weighted by Crippen LogP contribution is -2.19. The number of ether oxygens (including phenoxy) is 1. The second-order valence-corrected chi connectivity index (χ2v) is 4.41. The third-order valence-corrected chi connectivity index (χ3v) is 2.43. The Kier molecular flexibility index (Phi) is 5.33. The Hall–Kier alpha value is -1.02. The first-order valence-corrected chi connectivity index (χ1v) is 6.13. The molecule has 0 bridgehead atoms. The van der Waals surface area contributed by atoms with Crippen LogP contribution in [0.15, 0.2) is 24.3 Å². The molecule has 2 nitrogen and oxygen atoms in total. The summed E-state index contributed by atoms with van der Waals surface area (Å²) >= 11 is 0. The van der Waals surface area contributed by atoms with Crippen molar-refractivity contribution >= 4 is 0 Å². The first kappa shape index (κ1) is 13.0.